The van der Waals surface area contributed by atoms with Crippen molar-refractivity contribution in [1.29, 1.82) is 0 Å². The van der Waals surface area contributed by atoms with Crippen LogP contribution >= 0.6 is 0 Å². The van der Waals surface area contributed by atoms with E-state index in [1.807, 2.05) is 6.92 Å². The van der Waals surface area contributed by atoms with E-state index >= 15 is 0 Å². The Labute approximate surface area is 111 Å². The molecule has 0 spiro atoms. The van der Waals surface area contributed by atoms with E-state index in [0.29, 0.717) is 0 Å². The van der Waals surface area contributed by atoms with Crippen molar-refractivity contribution in [2.45, 2.75) is 52.5 Å². The Morgan fingerprint density at radius 3 is 2.33 bits per heavy atom. The molecule has 2 nitrogen and oxygen atoms in total. The van der Waals surface area contributed by atoms with Crippen LogP contribution in [0.5, 0.6) is 5.75 Å². The minimum Gasteiger partial charge on any atom is -0.493 e. The van der Waals surface area contributed by atoms with Gasteiger partial charge in [0.25, 0.3) is 0 Å². The maximum atomic E-state index is 6.00. The van der Waals surface area contributed by atoms with E-state index in [9.17, 15) is 0 Å². The molecule has 2 rings (SSSR count). The molecule has 1 fully saturated rings. The van der Waals surface area contributed by atoms with Crippen LogP contribution in [0.4, 0.5) is 0 Å². The number of rotatable bonds is 5. The van der Waals surface area contributed by atoms with Gasteiger partial charge in [-0.05, 0) is 62.6 Å². The summed E-state index contributed by atoms with van der Waals surface area (Å²) in [6.45, 7) is 7.20. The number of ether oxygens (including phenoxy) is 1. The predicted molar refractivity (Wildman–Crippen MR) is 76.1 cm³/mol. The normalized spacial score (nSPS) is 17.3. The Balaban J connectivity index is 2.05. The lowest BCUT2D eigenvalue weighted by atomic mass is 9.86. The summed E-state index contributed by atoms with van der Waals surface area (Å²) in [5.41, 5.74) is 9.65. The molecule has 2 N–H and O–H groups in total. The van der Waals surface area contributed by atoms with E-state index in [1.165, 1.54) is 36.0 Å². The van der Waals surface area contributed by atoms with E-state index < -0.39 is 0 Å². The maximum absolute atomic E-state index is 6.00. The van der Waals surface area contributed by atoms with Crippen molar-refractivity contribution in [1.82, 2.24) is 0 Å². The molecule has 1 aliphatic carbocycles. The predicted octanol–water partition coefficient (Wildman–Crippen LogP) is 3.37. The van der Waals surface area contributed by atoms with Gasteiger partial charge in [-0.3, -0.25) is 0 Å². The molecule has 0 aromatic heterocycles. The maximum Gasteiger partial charge on any atom is 0.125 e. The molecule has 1 atom stereocenters. The fourth-order valence-corrected chi connectivity index (χ4v) is 2.62. The molecular weight excluding hydrogens is 222 g/mol. The summed E-state index contributed by atoms with van der Waals surface area (Å²) in [6.07, 6.45) is 4.98. The van der Waals surface area contributed by atoms with E-state index in [0.717, 1.165) is 24.7 Å². The van der Waals surface area contributed by atoms with Crippen LogP contribution in [0.3, 0.4) is 0 Å². The zero-order valence-electron chi connectivity index (χ0n) is 11.8. The Morgan fingerprint density at radius 1 is 1.28 bits per heavy atom. The lowest BCUT2D eigenvalue weighted by Gasteiger charge is -2.26. The number of hydrogen-bond acceptors (Lipinski definition) is 2. The monoisotopic (exact) mass is 247 g/mol. The molecule has 1 aliphatic rings. The van der Waals surface area contributed by atoms with Gasteiger partial charge in [0.15, 0.2) is 0 Å². The van der Waals surface area contributed by atoms with Gasteiger partial charge in [-0.25, -0.2) is 0 Å². The Kier molecular flexibility index (Phi) is 4.28. The summed E-state index contributed by atoms with van der Waals surface area (Å²) < 4.78 is 6.00. The van der Waals surface area contributed by atoms with Gasteiger partial charge in [0.1, 0.15) is 5.75 Å². The van der Waals surface area contributed by atoms with Crippen LogP contribution in [0.1, 0.15) is 42.9 Å². The smallest absolute Gasteiger partial charge is 0.125 e. The summed E-state index contributed by atoms with van der Waals surface area (Å²) in [6, 6.07) is 4.64. The largest absolute Gasteiger partial charge is 0.493 e. The number of hydrogen-bond donors (Lipinski definition) is 1. The third kappa shape index (κ3) is 3.26. The van der Waals surface area contributed by atoms with Gasteiger partial charge < -0.3 is 10.5 Å². The zero-order valence-corrected chi connectivity index (χ0v) is 11.8. The molecule has 1 aromatic carbocycles. The van der Waals surface area contributed by atoms with Crippen molar-refractivity contribution >= 4 is 0 Å². The highest BCUT2D eigenvalue weighted by Gasteiger charge is 2.18. The van der Waals surface area contributed by atoms with Crippen LogP contribution in [0, 0.1) is 19.8 Å². The van der Waals surface area contributed by atoms with Gasteiger partial charge in [0.2, 0.25) is 0 Å². The van der Waals surface area contributed by atoms with Crippen LogP contribution in [-0.2, 0) is 6.42 Å². The van der Waals surface area contributed by atoms with E-state index in [2.05, 4.69) is 26.0 Å². The van der Waals surface area contributed by atoms with E-state index in [4.69, 9.17) is 10.5 Å². The fraction of sp³-hybridized carbons (Fsp3) is 0.625. The lowest BCUT2D eigenvalue weighted by molar-refractivity contribution is 0.179. The van der Waals surface area contributed by atoms with Crippen LogP contribution in [0.2, 0.25) is 0 Å². The van der Waals surface area contributed by atoms with Crippen molar-refractivity contribution in [2.24, 2.45) is 11.7 Å². The second-order valence-electron chi connectivity index (χ2n) is 5.85. The van der Waals surface area contributed by atoms with Gasteiger partial charge in [0.05, 0.1) is 6.61 Å². The van der Waals surface area contributed by atoms with Crippen LogP contribution < -0.4 is 10.5 Å². The van der Waals surface area contributed by atoms with Gasteiger partial charge >= 0.3 is 0 Å². The highest BCUT2D eigenvalue weighted by molar-refractivity contribution is 5.43. The number of benzene rings is 1. The molecule has 1 unspecified atom stereocenters. The molecule has 0 aliphatic heterocycles. The van der Waals surface area contributed by atoms with Gasteiger partial charge in [-0.2, -0.15) is 0 Å². The highest BCUT2D eigenvalue weighted by atomic mass is 16.5. The molecular formula is C16H25NO. The Bertz CT molecular complexity index is 385. The minimum absolute atomic E-state index is 0.213. The second-order valence-corrected chi connectivity index (χ2v) is 5.85. The summed E-state index contributed by atoms with van der Waals surface area (Å²) in [5, 5.41) is 0. The Hall–Kier alpha value is -1.02. The molecule has 0 heterocycles. The molecule has 1 aromatic rings. The SMILES string of the molecule is Cc1cc(CC(C)N)cc(C)c1OCC1CCC1. The second kappa shape index (κ2) is 5.75. The average molecular weight is 247 g/mol. The van der Waals surface area contributed by atoms with E-state index in [-0.39, 0.29) is 6.04 Å². The molecule has 0 bridgehead atoms. The number of nitrogens with two attached hydrogens (primary N) is 1. The fourth-order valence-electron chi connectivity index (χ4n) is 2.62. The van der Waals surface area contributed by atoms with Crippen LogP contribution in [-0.4, -0.2) is 12.6 Å². The molecule has 0 radical (unpaired) electrons. The molecule has 0 amide bonds. The highest BCUT2D eigenvalue weighted by Crippen LogP contribution is 2.30. The van der Waals surface area contributed by atoms with Crippen molar-refractivity contribution in [3.63, 3.8) is 0 Å². The van der Waals surface area contributed by atoms with Crippen LogP contribution in [0.15, 0.2) is 12.1 Å². The molecule has 2 heteroatoms. The number of aryl methyl sites for hydroxylation is 2. The third-order valence-electron chi connectivity index (χ3n) is 3.77. The van der Waals surface area contributed by atoms with Gasteiger partial charge in [-0.1, -0.05) is 18.6 Å². The minimum atomic E-state index is 0.213. The van der Waals surface area contributed by atoms with Crippen molar-refractivity contribution in [2.75, 3.05) is 6.61 Å². The zero-order chi connectivity index (χ0) is 13.1. The molecule has 0 saturated heterocycles. The lowest BCUT2D eigenvalue weighted by Crippen LogP contribution is -2.20. The molecule has 1 saturated carbocycles. The quantitative estimate of drug-likeness (QED) is 0.865. The summed E-state index contributed by atoms with van der Waals surface area (Å²) in [7, 11) is 0. The van der Waals surface area contributed by atoms with Crippen LogP contribution in [0.25, 0.3) is 0 Å². The third-order valence-corrected chi connectivity index (χ3v) is 3.77. The first-order valence-electron chi connectivity index (χ1n) is 7.04. The van der Waals surface area contributed by atoms with Crippen molar-refractivity contribution in [3.05, 3.63) is 28.8 Å². The summed E-state index contributed by atoms with van der Waals surface area (Å²) >= 11 is 0. The average Bonchev–Trinajstić information content (AvgIpc) is 2.18. The van der Waals surface area contributed by atoms with Crippen molar-refractivity contribution in [3.8, 4) is 5.75 Å². The first-order chi connectivity index (χ1) is 8.56. The van der Waals surface area contributed by atoms with Gasteiger partial charge in [-0.15, -0.1) is 0 Å². The first-order valence-corrected chi connectivity index (χ1v) is 7.04. The molecule has 100 valence electrons. The Morgan fingerprint density at radius 2 is 1.89 bits per heavy atom. The summed E-state index contributed by atoms with van der Waals surface area (Å²) in [4.78, 5) is 0. The standard InChI is InChI=1S/C16H25NO/c1-11-7-15(9-13(3)17)8-12(2)16(11)18-10-14-5-4-6-14/h7-8,13-14H,4-6,9-10,17H2,1-3H3. The topological polar surface area (TPSA) is 35.2 Å². The van der Waals surface area contributed by atoms with Crippen molar-refractivity contribution < 1.29 is 4.74 Å². The van der Waals surface area contributed by atoms with E-state index in [1.54, 1.807) is 0 Å². The summed E-state index contributed by atoms with van der Waals surface area (Å²) in [5.74, 6) is 1.86. The van der Waals surface area contributed by atoms with Gasteiger partial charge in [0, 0.05) is 6.04 Å². The molecule has 18 heavy (non-hydrogen) atoms. The first kappa shape index (κ1) is 13.4.